The Kier molecular flexibility index (Phi) is 29.3. The topological polar surface area (TPSA) is 412 Å². The molecule has 0 aromatic heterocycles. The summed E-state index contributed by atoms with van der Waals surface area (Å²) in [7, 11) is 0. The molecule has 0 spiro atoms. The Bertz CT molecular complexity index is 1220. The molecule has 0 saturated carbocycles. The molecule has 0 radical (unpaired) electrons. The van der Waals surface area contributed by atoms with Crippen molar-refractivity contribution in [1.29, 1.82) is 0 Å². The fraction of sp³-hybridized carbons (Fsp3) is 1.00. The van der Waals surface area contributed by atoms with E-state index in [1.807, 2.05) is 0 Å². The number of hydrogen-bond donors (Lipinski definition) is 14. The molecule has 4 fully saturated rings. The number of ether oxygens (including phenoxy) is 14. The van der Waals surface area contributed by atoms with Gasteiger partial charge >= 0.3 is 0 Å². The number of aliphatic hydroxyl groups excluding tert-OH is 14. The van der Waals surface area contributed by atoms with Gasteiger partial charge in [0.05, 0.1) is 119 Å². The molecule has 0 aromatic carbocycles. The Morgan fingerprint density at radius 1 is 0.290 bits per heavy atom. The van der Waals surface area contributed by atoms with E-state index in [0.717, 1.165) is 11.5 Å². The summed E-state index contributed by atoms with van der Waals surface area (Å²) in [5.74, 6) is 1.53. The van der Waals surface area contributed by atoms with Crippen molar-refractivity contribution in [2.75, 3.05) is 130 Å². The molecule has 4 aliphatic heterocycles. The summed E-state index contributed by atoms with van der Waals surface area (Å²) in [6, 6.07) is 0. The molecular formula is C40H74O28S. The van der Waals surface area contributed by atoms with Crippen LogP contribution in [0.3, 0.4) is 0 Å². The largest absolute Gasteiger partial charge is 0.394 e. The van der Waals surface area contributed by atoms with Gasteiger partial charge in [-0.15, -0.1) is 0 Å². The molecule has 0 aliphatic carbocycles. The highest BCUT2D eigenvalue weighted by atomic mass is 32.2. The second-order valence-corrected chi connectivity index (χ2v) is 17.3. The zero-order valence-corrected chi connectivity index (χ0v) is 38.9. The van der Waals surface area contributed by atoms with Gasteiger partial charge in [0.2, 0.25) is 0 Å². The zero-order chi connectivity index (χ0) is 50.3. The molecule has 20 atom stereocenters. The van der Waals surface area contributed by atoms with Crippen molar-refractivity contribution in [2.45, 2.75) is 123 Å². The van der Waals surface area contributed by atoms with Crippen LogP contribution in [0.5, 0.6) is 0 Å². The summed E-state index contributed by atoms with van der Waals surface area (Å²) in [5.41, 5.74) is 0. The van der Waals surface area contributed by atoms with Gasteiger partial charge in [0.1, 0.15) is 97.7 Å². The second kappa shape index (κ2) is 33.2. The Morgan fingerprint density at radius 3 is 0.884 bits per heavy atom. The van der Waals surface area contributed by atoms with Crippen LogP contribution in [0.2, 0.25) is 0 Å². The van der Waals surface area contributed by atoms with Gasteiger partial charge in [-0.2, -0.15) is 11.8 Å². The van der Waals surface area contributed by atoms with Crippen molar-refractivity contribution in [3.05, 3.63) is 0 Å². The van der Waals surface area contributed by atoms with Gasteiger partial charge in [-0.25, -0.2) is 0 Å². The second-order valence-electron chi connectivity index (χ2n) is 16.0. The van der Waals surface area contributed by atoms with Crippen LogP contribution in [0.15, 0.2) is 0 Å². The molecular weight excluding hydrogens is 960 g/mol. The van der Waals surface area contributed by atoms with E-state index in [4.69, 9.17) is 66.3 Å². The number of thioether (sulfide) groups is 1. The standard InChI is InChI=1S/C40H74O28S/c41-17-21-25(45)27(47)31(51)39(63-21)67-35-23(19-43)65-37(33(53)29(35)49)61-11-9-57-3-1-55-5-7-59-13-15-69-16-14-60-8-6-56-2-4-58-10-12-62-38-34(54)30(50)36(24(20-44)66-38)68-40-32(52)28(48)26(46)22(18-42)64-40/h21-54H,1-20H2/t21-,22-,23-,24-,25+,26+,27+,28+,29-,30-,31-,32-,33-,34-,35-,36-,37-,38-,39+,40+/m1/s1. The molecule has 28 nitrogen and oxygen atoms in total. The predicted octanol–water partition coefficient (Wildman–Crippen LogP) is -8.90. The van der Waals surface area contributed by atoms with Gasteiger partial charge in [-0.3, -0.25) is 0 Å². The fourth-order valence-corrected chi connectivity index (χ4v) is 7.93. The molecule has 4 heterocycles. The summed E-state index contributed by atoms with van der Waals surface area (Å²) in [5, 5.41) is 141. The molecule has 14 N–H and O–H groups in total. The van der Waals surface area contributed by atoms with Crippen LogP contribution in [0.1, 0.15) is 0 Å². The molecule has 0 bridgehead atoms. The summed E-state index contributed by atoms with van der Waals surface area (Å²) in [6.45, 7) is 0.958. The molecule has 29 heteroatoms. The first-order chi connectivity index (χ1) is 33.3. The van der Waals surface area contributed by atoms with Crippen molar-refractivity contribution in [3.8, 4) is 0 Å². The molecule has 4 aliphatic rings. The molecule has 0 unspecified atom stereocenters. The first-order valence-corrected chi connectivity index (χ1v) is 23.9. The lowest BCUT2D eigenvalue weighted by molar-refractivity contribution is -0.359. The molecule has 69 heavy (non-hydrogen) atoms. The van der Waals surface area contributed by atoms with E-state index in [2.05, 4.69) is 0 Å². The third-order valence-electron chi connectivity index (χ3n) is 11.2. The van der Waals surface area contributed by atoms with Crippen LogP contribution in [0, 0.1) is 0 Å². The van der Waals surface area contributed by atoms with Crippen LogP contribution in [-0.4, -0.2) is 325 Å². The van der Waals surface area contributed by atoms with Gasteiger partial charge < -0.3 is 138 Å². The highest BCUT2D eigenvalue weighted by Gasteiger charge is 2.52. The minimum Gasteiger partial charge on any atom is -0.394 e. The minimum absolute atomic E-state index is 0.0426. The lowest BCUT2D eigenvalue weighted by Crippen LogP contribution is -2.64. The van der Waals surface area contributed by atoms with E-state index in [1.54, 1.807) is 11.8 Å². The maximum absolute atomic E-state index is 10.7. The van der Waals surface area contributed by atoms with Crippen molar-refractivity contribution < 1.29 is 138 Å². The van der Waals surface area contributed by atoms with E-state index in [1.165, 1.54) is 0 Å². The van der Waals surface area contributed by atoms with Gasteiger partial charge in [-0.05, 0) is 0 Å². The summed E-state index contributed by atoms with van der Waals surface area (Å²) in [6.07, 6.45) is -30.7. The number of aliphatic hydroxyl groups is 14. The quantitative estimate of drug-likeness (QED) is 0.0266. The smallest absolute Gasteiger partial charge is 0.187 e. The summed E-state index contributed by atoms with van der Waals surface area (Å²) in [4.78, 5) is 0. The maximum atomic E-state index is 10.7. The fourth-order valence-electron chi connectivity index (χ4n) is 7.25. The molecule has 0 amide bonds. The normalized spacial score (nSPS) is 38.7. The van der Waals surface area contributed by atoms with Crippen LogP contribution in [0.4, 0.5) is 0 Å². The van der Waals surface area contributed by atoms with E-state index in [-0.39, 0.29) is 52.9 Å². The molecule has 4 saturated heterocycles. The Hall–Kier alpha value is -0.770. The number of hydrogen-bond acceptors (Lipinski definition) is 29. The van der Waals surface area contributed by atoms with Crippen LogP contribution >= 0.6 is 11.8 Å². The average Bonchev–Trinajstić information content (AvgIpc) is 3.35. The lowest BCUT2D eigenvalue weighted by atomic mass is 9.97. The molecule has 408 valence electrons. The third kappa shape index (κ3) is 18.8. The SMILES string of the molecule is OC[C@H]1O[C@@H](O[C@H]2[C@H](O)[C@@H](O)[C@H](OCCOCCOCCOCCSCCOCCOCCOCCO[C@@H]3O[C@H](CO)[C@@H](O[C@@H]4O[C@H](CO)[C@H](O)[C@H](O)[C@H]4O)[C@H](O)[C@H]3O)O[C@@H]2CO)[C@H](O)[C@@H](O)[C@H]1O. The van der Waals surface area contributed by atoms with E-state index >= 15 is 0 Å². The van der Waals surface area contributed by atoms with Crippen molar-refractivity contribution in [3.63, 3.8) is 0 Å². The average molecular weight is 1040 g/mol. The zero-order valence-electron chi connectivity index (χ0n) is 38.1. The van der Waals surface area contributed by atoms with Crippen molar-refractivity contribution >= 4 is 11.8 Å². The van der Waals surface area contributed by atoms with Gasteiger partial charge in [0.15, 0.2) is 25.2 Å². The van der Waals surface area contributed by atoms with Crippen LogP contribution < -0.4 is 0 Å². The lowest BCUT2D eigenvalue weighted by Gasteiger charge is -2.45. The highest BCUT2D eigenvalue weighted by molar-refractivity contribution is 7.99. The Morgan fingerprint density at radius 2 is 0.565 bits per heavy atom. The van der Waals surface area contributed by atoms with Crippen LogP contribution in [0.25, 0.3) is 0 Å². The summed E-state index contributed by atoms with van der Waals surface area (Å²) >= 11 is 1.67. The maximum Gasteiger partial charge on any atom is 0.187 e. The molecule has 0 aromatic rings. The van der Waals surface area contributed by atoms with Gasteiger partial charge in [0, 0.05) is 11.5 Å². The monoisotopic (exact) mass is 1030 g/mol. The van der Waals surface area contributed by atoms with Crippen molar-refractivity contribution in [2.24, 2.45) is 0 Å². The van der Waals surface area contributed by atoms with E-state index in [9.17, 15) is 71.5 Å². The number of rotatable bonds is 34. The third-order valence-corrected chi connectivity index (χ3v) is 12.1. The molecule has 4 rings (SSSR count). The Labute approximate surface area is 402 Å². The first-order valence-electron chi connectivity index (χ1n) is 22.7. The highest BCUT2D eigenvalue weighted by Crippen LogP contribution is 2.31. The Balaban J connectivity index is 0.891. The van der Waals surface area contributed by atoms with E-state index in [0.29, 0.717) is 39.6 Å². The first kappa shape index (κ1) is 60.8. The predicted molar refractivity (Wildman–Crippen MR) is 227 cm³/mol. The van der Waals surface area contributed by atoms with E-state index < -0.39 is 149 Å². The minimum atomic E-state index is -1.77. The van der Waals surface area contributed by atoms with Crippen LogP contribution in [-0.2, 0) is 66.3 Å². The van der Waals surface area contributed by atoms with Gasteiger partial charge in [-0.1, -0.05) is 0 Å². The van der Waals surface area contributed by atoms with Gasteiger partial charge in [0.25, 0.3) is 0 Å². The van der Waals surface area contributed by atoms with Crippen molar-refractivity contribution in [1.82, 2.24) is 0 Å². The summed E-state index contributed by atoms with van der Waals surface area (Å²) < 4.78 is 76.7.